The third-order valence-corrected chi connectivity index (χ3v) is 3.28. The second kappa shape index (κ2) is 5.41. The SMILES string of the molecule is COc1cc(C)c(N(C)C(=O)CCl)c(C)c1C. The highest BCUT2D eigenvalue weighted by molar-refractivity contribution is 6.29. The fourth-order valence-corrected chi connectivity index (χ4v) is 2.15. The maximum absolute atomic E-state index is 11.6. The molecule has 0 fully saturated rings. The van der Waals surface area contributed by atoms with Crippen LogP contribution in [-0.4, -0.2) is 25.9 Å². The number of anilines is 1. The van der Waals surface area contributed by atoms with Crippen LogP contribution in [0, 0.1) is 20.8 Å². The number of aryl methyl sites for hydroxylation is 1. The number of nitrogens with zero attached hydrogens (tertiary/aromatic N) is 1. The molecule has 4 heteroatoms. The molecule has 0 aliphatic rings. The van der Waals surface area contributed by atoms with Crippen molar-refractivity contribution < 1.29 is 9.53 Å². The maximum Gasteiger partial charge on any atom is 0.241 e. The number of halogens is 1. The molecule has 1 aromatic carbocycles. The number of ether oxygens (including phenoxy) is 1. The van der Waals surface area contributed by atoms with Gasteiger partial charge in [0.05, 0.1) is 7.11 Å². The molecular formula is C13H18ClNO2. The predicted molar refractivity (Wildman–Crippen MR) is 71.3 cm³/mol. The Balaban J connectivity index is 3.35. The summed E-state index contributed by atoms with van der Waals surface area (Å²) in [6, 6.07) is 1.94. The van der Waals surface area contributed by atoms with Crippen LogP contribution >= 0.6 is 11.6 Å². The van der Waals surface area contributed by atoms with Crippen molar-refractivity contribution in [1.29, 1.82) is 0 Å². The molecule has 1 rings (SSSR count). The maximum atomic E-state index is 11.6. The molecule has 0 atom stereocenters. The number of rotatable bonds is 3. The number of hydrogen-bond acceptors (Lipinski definition) is 2. The second-order valence-electron chi connectivity index (χ2n) is 4.08. The smallest absolute Gasteiger partial charge is 0.241 e. The Kier molecular flexibility index (Phi) is 4.40. The summed E-state index contributed by atoms with van der Waals surface area (Å²) in [6.07, 6.45) is 0. The Labute approximate surface area is 107 Å². The number of carbonyl (C=O) groups excluding carboxylic acids is 1. The summed E-state index contributed by atoms with van der Waals surface area (Å²) in [5.41, 5.74) is 4.00. The van der Waals surface area contributed by atoms with Crippen molar-refractivity contribution in [2.24, 2.45) is 0 Å². The first-order chi connectivity index (χ1) is 7.93. The normalized spacial score (nSPS) is 10.2. The third kappa shape index (κ3) is 2.55. The van der Waals surface area contributed by atoms with E-state index in [9.17, 15) is 4.79 Å². The Bertz CT molecular complexity index is 444. The molecule has 0 radical (unpaired) electrons. The number of amides is 1. The van der Waals surface area contributed by atoms with E-state index in [1.54, 1.807) is 19.1 Å². The van der Waals surface area contributed by atoms with Gasteiger partial charge in [0, 0.05) is 12.7 Å². The number of hydrogen-bond donors (Lipinski definition) is 0. The minimum atomic E-state index is -0.109. The van der Waals surface area contributed by atoms with Gasteiger partial charge in [-0.1, -0.05) is 0 Å². The van der Waals surface area contributed by atoms with Gasteiger partial charge in [0.15, 0.2) is 0 Å². The lowest BCUT2D eigenvalue weighted by molar-refractivity contribution is -0.116. The van der Waals surface area contributed by atoms with Gasteiger partial charge in [0.2, 0.25) is 5.91 Å². The summed E-state index contributed by atoms with van der Waals surface area (Å²) in [4.78, 5) is 13.2. The number of carbonyl (C=O) groups is 1. The lowest BCUT2D eigenvalue weighted by Gasteiger charge is -2.23. The summed E-state index contributed by atoms with van der Waals surface area (Å²) in [5, 5.41) is 0. The van der Waals surface area contributed by atoms with Crippen molar-refractivity contribution in [2.75, 3.05) is 24.9 Å². The molecule has 3 nitrogen and oxygen atoms in total. The van der Waals surface area contributed by atoms with E-state index in [1.807, 2.05) is 26.8 Å². The fraction of sp³-hybridized carbons (Fsp3) is 0.462. The van der Waals surface area contributed by atoms with Gasteiger partial charge in [-0.15, -0.1) is 11.6 Å². The molecule has 0 bridgehead atoms. The van der Waals surface area contributed by atoms with E-state index >= 15 is 0 Å². The average Bonchev–Trinajstić information content (AvgIpc) is 2.32. The molecule has 0 N–H and O–H groups in total. The van der Waals surface area contributed by atoms with Crippen molar-refractivity contribution >= 4 is 23.2 Å². The molecule has 0 saturated heterocycles. The van der Waals surface area contributed by atoms with E-state index in [4.69, 9.17) is 16.3 Å². The Morgan fingerprint density at radius 2 is 1.94 bits per heavy atom. The molecule has 0 aromatic heterocycles. The van der Waals surface area contributed by atoms with Crippen LogP contribution in [-0.2, 0) is 4.79 Å². The van der Waals surface area contributed by atoms with Gasteiger partial charge >= 0.3 is 0 Å². The summed E-state index contributed by atoms with van der Waals surface area (Å²) < 4.78 is 5.30. The first kappa shape index (κ1) is 13.8. The van der Waals surface area contributed by atoms with E-state index in [2.05, 4.69) is 0 Å². The molecule has 94 valence electrons. The molecule has 0 aliphatic heterocycles. The predicted octanol–water partition coefficient (Wildman–Crippen LogP) is 2.82. The highest BCUT2D eigenvalue weighted by Gasteiger charge is 2.17. The van der Waals surface area contributed by atoms with Crippen molar-refractivity contribution in [2.45, 2.75) is 20.8 Å². The minimum Gasteiger partial charge on any atom is -0.496 e. The van der Waals surface area contributed by atoms with Gasteiger partial charge in [-0.05, 0) is 43.5 Å². The van der Waals surface area contributed by atoms with Gasteiger partial charge in [0.25, 0.3) is 0 Å². The zero-order valence-corrected chi connectivity index (χ0v) is 11.7. The molecule has 0 unspecified atom stereocenters. The topological polar surface area (TPSA) is 29.5 Å². The summed E-state index contributed by atoms with van der Waals surface area (Å²) in [5.74, 6) is 0.721. The first-order valence-electron chi connectivity index (χ1n) is 5.41. The largest absolute Gasteiger partial charge is 0.496 e. The van der Waals surface area contributed by atoms with Crippen molar-refractivity contribution in [1.82, 2.24) is 0 Å². The Morgan fingerprint density at radius 3 is 2.41 bits per heavy atom. The molecule has 17 heavy (non-hydrogen) atoms. The molecule has 1 aromatic rings. The second-order valence-corrected chi connectivity index (χ2v) is 4.35. The van der Waals surface area contributed by atoms with E-state index in [-0.39, 0.29) is 11.8 Å². The highest BCUT2D eigenvalue weighted by Crippen LogP contribution is 2.33. The monoisotopic (exact) mass is 255 g/mol. The van der Waals surface area contributed by atoms with Crippen LogP contribution in [0.2, 0.25) is 0 Å². The number of methoxy groups -OCH3 is 1. The van der Waals surface area contributed by atoms with Crippen molar-refractivity contribution in [3.05, 3.63) is 22.8 Å². The zero-order valence-electron chi connectivity index (χ0n) is 10.9. The molecular weight excluding hydrogens is 238 g/mol. The molecule has 0 saturated carbocycles. The standard InChI is InChI=1S/C13H18ClNO2/c1-8-6-11(17-5)9(2)10(3)13(8)15(4)12(16)7-14/h6H,7H2,1-5H3. The van der Waals surface area contributed by atoms with Crippen LogP contribution in [0.4, 0.5) is 5.69 Å². The van der Waals surface area contributed by atoms with E-state index < -0.39 is 0 Å². The Hall–Kier alpha value is -1.22. The lowest BCUT2D eigenvalue weighted by atomic mass is 10.0. The lowest BCUT2D eigenvalue weighted by Crippen LogP contribution is -2.28. The van der Waals surface area contributed by atoms with Gasteiger partial charge in [-0.3, -0.25) is 4.79 Å². The highest BCUT2D eigenvalue weighted by atomic mass is 35.5. The molecule has 1 amide bonds. The van der Waals surface area contributed by atoms with Crippen molar-refractivity contribution in [3.8, 4) is 5.75 Å². The molecule has 0 aliphatic carbocycles. The summed E-state index contributed by atoms with van der Waals surface area (Å²) >= 11 is 5.58. The van der Waals surface area contributed by atoms with Gasteiger partial charge < -0.3 is 9.64 Å². The van der Waals surface area contributed by atoms with Crippen LogP contribution in [0.15, 0.2) is 6.07 Å². The Morgan fingerprint density at radius 1 is 1.35 bits per heavy atom. The van der Waals surface area contributed by atoms with Crippen molar-refractivity contribution in [3.63, 3.8) is 0 Å². The number of benzene rings is 1. The van der Waals surface area contributed by atoms with E-state index in [1.165, 1.54) is 0 Å². The van der Waals surface area contributed by atoms with Gasteiger partial charge in [0.1, 0.15) is 11.6 Å². The summed E-state index contributed by atoms with van der Waals surface area (Å²) in [7, 11) is 3.39. The van der Waals surface area contributed by atoms with Crippen LogP contribution in [0.1, 0.15) is 16.7 Å². The van der Waals surface area contributed by atoms with Crippen LogP contribution < -0.4 is 9.64 Å². The van der Waals surface area contributed by atoms with Gasteiger partial charge in [-0.25, -0.2) is 0 Å². The zero-order chi connectivity index (χ0) is 13.2. The first-order valence-corrected chi connectivity index (χ1v) is 5.94. The minimum absolute atomic E-state index is 0.0134. The fourth-order valence-electron chi connectivity index (χ4n) is 1.97. The third-order valence-electron chi connectivity index (χ3n) is 3.05. The van der Waals surface area contributed by atoms with Crippen LogP contribution in [0.3, 0.4) is 0 Å². The quantitative estimate of drug-likeness (QED) is 0.778. The molecule has 0 spiro atoms. The molecule has 0 heterocycles. The van der Waals surface area contributed by atoms with Crippen LogP contribution in [0.5, 0.6) is 5.75 Å². The average molecular weight is 256 g/mol. The van der Waals surface area contributed by atoms with Gasteiger partial charge in [-0.2, -0.15) is 0 Å². The van der Waals surface area contributed by atoms with Crippen LogP contribution in [0.25, 0.3) is 0 Å². The number of alkyl halides is 1. The van der Waals surface area contributed by atoms with E-state index in [0.717, 1.165) is 28.1 Å². The summed E-state index contributed by atoms with van der Waals surface area (Å²) in [6.45, 7) is 5.93. The van der Waals surface area contributed by atoms with E-state index in [0.29, 0.717) is 0 Å².